The number of carbonyl (C=O) groups is 1. The molecule has 0 radical (unpaired) electrons. The summed E-state index contributed by atoms with van der Waals surface area (Å²) in [7, 11) is 1.64. The standard InChI is InChI=1S/C20H23N5O2S/c1-4-24(17-8-6-5-7-9-17)19(26)15(2)28-20-21-22-23-25(20)14-16-10-12-18(27-3)13-11-16/h5-13,15H,4,14H2,1-3H3. The highest BCUT2D eigenvalue weighted by molar-refractivity contribution is 8.00. The summed E-state index contributed by atoms with van der Waals surface area (Å²) in [6.07, 6.45) is 0. The minimum atomic E-state index is -0.319. The van der Waals surface area contributed by atoms with Gasteiger partial charge in [0.2, 0.25) is 11.1 Å². The molecule has 0 saturated heterocycles. The number of thioether (sulfide) groups is 1. The fraction of sp³-hybridized carbons (Fsp3) is 0.300. The van der Waals surface area contributed by atoms with E-state index in [4.69, 9.17) is 4.74 Å². The van der Waals surface area contributed by atoms with Crippen molar-refractivity contribution in [2.45, 2.75) is 30.8 Å². The van der Waals surface area contributed by atoms with E-state index in [1.54, 1.807) is 16.7 Å². The lowest BCUT2D eigenvalue weighted by molar-refractivity contribution is -0.117. The molecule has 3 aromatic rings. The Labute approximate surface area is 168 Å². The Kier molecular flexibility index (Phi) is 6.65. The van der Waals surface area contributed by atoms with Gasteiger partial charge in [0.1, 0.15) is 5.75 Å². The molecule has 0 aliphatic carbocycles. The maximum absolute atomic E-state index is 13.0. The van der Waals surface area contributed by atoms with E-state index in [-0.39, 0.29) is 11.2 Å². The predicted octanol–water partition coefficient (Wildman–Crippen LogP) is 3.26. The van der Waals surface area contributed by atoms with Crippen molar-refractivity contribution in [3.05, 3.63) is 60.2 Å². The first kappa shape index (κ1) is 19.9. The summed E-state index contributed by atoms with van der Waals surface area (Å²) in [5, 5.41) is 12.2. The van der Waals surface area contributed by atoms with Gasteiger partial charge in [-0.2, -0.15) is 0 Å². The van der Waals surface area contributed by atoms with E-state index < -0.39 is 0 Å². The fourth-order valence-corrected chi connectivity index (χ4v) is 3.64. The van der Waals surface area contributed by atoms with E-state index >= 15 is 0 Å². The molecule has 0 saturated carbocycles. The highest BCUT2D eigenvalue weighted by Gasteiger charge is 2.24. The number of nitrogens with zero attached hydrogens (tertiary/aromatic N) is 5. The summed E-state index contributed by atoms with van der Waals surface area (Å²) in [5.41, 5.74) is 1.94. The second-order valence-corrected chi connectivity index (χ2v) is 7.45. The third-order valence-electron chi connectivity index (χ3n) is 4.27. The molecule has 0 aliphatic heterocycles. The normalized spacial score (nSPS) is 11.8. The fourth-order valence-electron chi connectivity index (χ4n) is 2.79. The van der Waals surface area contributed by atoms with Crippen LogP contribution in [-0.4, -0.2) is 45.0 Å². The number of tetrazole rings is 1. The monoisotopic (exact) mass is 397 g/mol. The van der Waals surface area contributed by atoms with Gasteiger partial charge in [0.25, 0.3) is 0 Å². The molecule has 1 atom stereocenters. The average molecular weight is 398 g/mol. The minimum Gasteiger partial charge on any atom is -0.497 e. The number of hydrogen-bond acceptors (Lipinski definition) is 6. The van der Waals surface area contributed by atoms with Crippen LogP contribution < -0.4 is 9.64 Å². The second-order valence-electron chi connectivity index (χ2n) is 6.15. The summed E-state index contributed by atoms with van der Waals surface area (Å²) >= 11 is 1.36. The average Bonchev–Trinajstić information content (AvgIpc) is 3.16. The molecule has 28 heavy (non-hydrogen) atoms. The van der Waals surface area contributed by atoms with Crippen molar-refractivity contribution in [2.24, 2.45) is 0 Å². The van der Waals surface area contributed by atoms with Gasteiger partial charge in [-0.15, -0.1) is 5.10 Å². The van der Waals surface area contributed by atoms with Crippen LogP contribution in [0.1, 0.15) is 19.4 Å². The number of anilines is 1. The molecule has 1 aromatic heterocycles. The molecule has 7 nitrogen and oxygen atoms in total. The third kappa shape index (κ3) is 4.69. The largest absolute Gasteiger partial charge is 0.497 e. The van der Waals surface area contributed by atoms with Gasteiger partial charge in [0, 0.05) is 12.2 Å². The van der Waals surface area contributed by atoms with Crippen LogP contribution in [0.4, 0.5) is 5.69 Å². The topological polar surface area (TPSA) is 73.1 Å². The molecule has 0 bridgehead atoms. The molecule has 0 N–H and O–H groups in total. The van der Waals surface area contributed by atoms with Crippen LogP contribution >= 0.6 is 11.8 Å². The first-order chi connectivity index (χ1) is 13.6. The Morgan fingerprint density at radius 1 is 1.18 bits per heavy atom. The zero-order valence-electron chi connectivity index (χ0n) is 16.1. The lowest BCUT2D eigenvalue weighted by atomic mass is 10.2. The summed E-state index contributed by atoms with van der Waals surface area (Å²) < 4.78 is 6.89. The third-order valence-corrected chi connectivity index (χ3v) is 5.33. The second kappa shape index (κ2) is 9.36. The molecule has 1 unspecified atom stereocenters. The van der Waals surface area contributed by atoms with Crippen molar-refractivity contribution in [2.75, 3.05) is 18.6 Å². The predicted molar refractivity (Wildman–Crippen MR) is 110 cm³/mol. The Balaban J connectivity index is 1.69. The first-order valence-electron chi connectivity index (χ1n) is 9.04. The van der Waals surface area contributed by atoms with Gasteiger partial charge in [-0.1, -0.05) is 42.1 Å². The number of rotatable bonds is 8. The van der Waals surface area contributed by atoms with Crippen LogP contribution in [0.2, 0.25) is 0 Å². The summed E-state index contributed by atoms with van der Waals surface area (Å²) in [6.45, 7) is 4.97. The van der Waals surface area contributed by atoms with Gasteiger partial charge in [0.05, 0.1) is 18.9 Å². The molecule has 0 fully saturated rings. The first-order valence-corrected chi connectivity index (χ1v) is 9.92. The highest BCUT2D eigenvalue weighted by atomic mass is 32.2. The molecule has 1 amide bonds. The highest BCUT2D eigenvalue weighted by Crippen LogP contribution is 2.25. The summed E-state index contributed by atoms with van der Waals surface area (Å²) in [5.74, 6) is 0.826. The molecule has 2 aromatic carbocycles. The molecular weight excluding hydrogens is 374 g/mol. The Hall–Kier alpha value is -2.87. The summed E-state index contributed by atoms with van der Waals surface area (Å²) in [4.78, 5) is 14.7. The number of benzene rings is 2. The van der Waals surface area contributed by atoms with E-state index in [0.717, 1.165) is 17.0 Å². The molecule has 8 heteroatoms. The van der Waals surface area contributed by atoms with Gasteiger partial charge >= 0.3 is 0 Å². The van der Waals surface area contributed by atoms with Crippen LogP contribution in [0.3, 0.4) is 0 Å². The quantitative estimate of drug-likeness (QED) is 0.543. The van der Waals surface area contributed by atoms with Crippen LogP contribution in [0.5, 0.6) is 5.75 Å². The van der Waals surface area contributed by atoms with Crippen LogP contribution in [0, 0.1) is 0 Å². The van der Waals surface area contributed by atoms with Gasteiger partial charge in [-0.3, -0.25) is 4.79 Å². The Morgan fingerprint density at radius 3 is 2.54 bits per heavy atom. The summed E-state index contributed by atoms with van der Waals surface area (Å²) in [6, 6.07) is 17.4. The van der Waals surface area contributed by atoms with Crippen molar-refractivity contribution < 1.29 is 9.53 Å². The lowest BCUT2D eigenvalue weighted by Crippen LogP contribution is -2.36. The van der Waals surface area contributed by atoms with Gasteiger partial charge in [0.15, 0.2) is 0 Å². The van der Waals surface area contributed by atoms with Gasteiger partial charge < -0.3 is 9.64 Å². The number of aromatic nitrogens is 4. The minimum absolute atomic E-state index is 0.0256. The van der Waals surface area contributed by atoms with Crippen LogP contribution in [-0.2, 0) is 11.3 Å². The molecule has 0 spiro atoms. The maximum Gasteiger partial charge on any atom is 0.240 e. The smallest absolute Gasteiger partial charge is 0.240 e. The van der Waals surface area contributed by atoms with Crippen molar-refractivity contribution in [3.8, 4) is 5.75 Å². The lowest BCUT2D eigenvalue weighted by Gasteiger charge is -2.24. The number of methoxy groups -OCH3 is 1. The number of para-hydroxylation sites is 1. The van der Waals surface area contributed by atoms with E-state index in [0.29, 0.717) is 18.2 Å². The number of amides is 1. The molecule has 146 valence electrons. The van der Waals surface area contributed by atoms with Crippen molar-refractivity contribution in [3.63, 3.8) is 0 Å². The van der Waals surface area contributed by atoms with E-state index in [9.17, 15) is 4.79 Å². The molecule has 3 rings (SSSR count). The van der Waals surface area contributed by atoms with Gasteiger partial charge in [-0.25, -0.2) is 4.68 Å². The molecular formula is C20H23N5O2S. The number of carbonyl (C=O) groups excluding carboxylic acids is 1. The van der Waals surface area contributed by atoms with Crippen LogP contribution in [0.15, 0.2) is 59.8 Å². The Bertz CT molecular complexity index is 898. The Morgan fingerprint density at radius 2 is 1.89 bits per heavy atom. The van der Waals surface area contributed by atoms with Crippen molar-refractivity contribution >= 4 is 23.4 Å². The van der Waals surface area contributed by atoms with E-state index in [1.807, 2.05) is 68.4 Å². The number of ether oxygens (including phenoxy) is 1. The van der Waals surface area contributed by atoms with E-state index in [1.165, 1.54) is 11.8 Å². The van der Waals surface area contributed by atoms with E-state index in [2.05, 4.69) is 15.5 Å². The van der Waals surface area contributed by atoms with Crippen molar-refractivity contribution in [1.29, 1.82) is 0 Å². The zero-order chi connectivity index (χ0) is 19.9. The van der Waals surface area contributed by atoms with Gasteiger partial charge in [-0.05, 0) is 54.1 Å². The maximum atomic E-state index is 13.0. The van der Waals surface area contributed by atoms with Crippen LogP contribution in [0.25, 0.3) is 0 Å². The van der Waals surface area contributed by atoms with Crippen molar-refractivity contribution in [1.82, 2.24) is 20.2 Å². The number of hydrogen-bond donors (Lipinski definition) is 0. The molecule has 1 heterocycles. The molecule has 0 aliphatic rings. The SMILES string of the molecule is CCN(C(=O)C(C)Sc1nnnn1Cc1ccc(OC)cc1)c1ccccc1. The zero-order valence-corrected chi connectivity index (χ0v) is 17.0.